The SMILES string of the molecule is CCc1nc(Br)ccc1C(=O)CCC/C=C/C(=O)OC. The van der Waals surface area contributed by atoms with Crippen molar-refractivity contribution in [2.45, 2.75) is 32.6 Å². The van der Waals surface area contributed by atoms with Crippen LogP contribution in [0.3, 0.4) is 0 Å². The Hall–Kier alpha value is -1.49. The van der Waals surface area contributed by atoms with Crippen molar-refractivity contribution < 1.29 is 14.3 Å². The van der Waals surface area contributed by atoms with E-state index in [4.69, 9.17) is 0 Å². The monoisotopic (exact) mass is 339 g/mol. The summed E-state index contributed by atoms with van der Waals surface area (Å²) in [5.41, 5.74) is 1.50. The molecule has 1 aromatic rings. The predicted molar refractivity (Wildman–Crippen MR) is 80.7 cm³/mol. The maximum absolute atomic E-state index is 12.1. The number of ketones is 1. The Morgan fingerprint density at radius 2 is 2.15 bits per heavy atom. The third kappa shape index (κ3) is 5.25. The molecule has 0 radical (unpaired) electrons. The van der Waals surface area contributed by atoms with E-state index in [1.807, 2.05) is 13.0 Å². The van der Waals surface area contributed by atoms with Crippen LogP contribution in [0.15, 0.2) is 28.9 Å². The molecule has 0 saturated heterocycles. The van der Waals surface area contributed by atoms with Gasteiger partial charge in [0, 0.05) is 18.1 Å². The van der Waals surface area contributed by atoms with Gasteiger partial charge in [-0.25, -0.2) is 9.78 Å². The predicted octanol–water partition coefficient (Wildman–Crippen LogP) is 3.49. The number of esters is 1. The fourth-order valence-electron chi connectivity index (χ4n) is 1.76. The molecule has 4 nitrogen and oxygen atoms in total. The number of carbonyl (C=O) groups excluding carboxylic acids is 2. The molecule has 1 rings (SSSR count). The molecule has 0 saturated carbocycles. The Balaban J connectivity index is 2.51. The average molecular weight is 340 g/mol. The van der Waals surface area contributed by atoms with Crippen molar-refractivity contribution in [3.05, 3.63) is 40.1 Å². The number of methoxy groups -OCH3 is 1. The van der Waals surface area contributed by atoms with Crippen LogP contribution < -0.4 is 0 Å². The van der Waals surface area contributed by atoms with Crippen LogP contribution >= 0.6 is 15.9 Å². The van der Waals surface area contributed by atoms with E-state index >= 15 is 0 Å². The summed E-state index contributed by atoms with van der Waals surface area (Å²) in [4.78, 5) is 27.3. The molecule has 0 spiro atoms. The number of aryl methyl sites for hydroxylation is 1. The minimum Gasteiger partial charge on any atom is -0.466 e. The summed E-state index contributed by atoms with van der Waals surface area (Å²) >= 11 is 3.30. The summed E-state index contributed by atoms with van der Waals surface area (Å²) in [5, 5.41) is 0. The van der Waals surface area contributed by atoms with Crippen molar-refractivity contribution in [3.63, 3.8) is 0 Å². The first-order valence-electron chi connectivity index (χ1n) is 6.51. The standard InChI is InChI=1S/C15H18BrNO3/c1-3-12-11(9-10-14(16)17-12)13(18)7-5-4-6-8-15(19)20-2/h6,8-10H,3-5,7H2,1-2H3/b8-6+. The summed E-state index contributed by atoms with van der Waals surface area (Å²) in [5.74, 6) is -0.282. The van der Waals surface area contributed by atoms with Crippen LogP contribution in [0.1, 0.15) is 42.2 Å². The van der Waals surface area contributed by atoms with Crippen molar-refractivity contribution in [1.82, 2.24) is 4.98 Å². The van der Waals surface area contributed by atoms with Crippen molar-refractivity contribution in [2.75, 3.05) is 7.11 Å². The maximum Gasteiger partial charge on any atom is 0.330 e. The molecule has 0 atom stereocenters. The average Bonchev–Trinajstić information content (AvgIpc) is 2.46. The van der Waals surface area contributed by atoms with E-state index in [1.54, 1.807) is 12.1 Å². The van der Waals surface area contributed by atoms with Gasteiger partial charge in [-0.1, -0.05) is 13.0 Å². The number of unbranched alkanes of at least 4 members (excludes halogenated alkanes) is 1. The van der Waals surface area contributed by atoms with Crippen LogP contribution in [0.4, 0.5) is 0 Å². The molecule has 0 aromatic carbocycles. The van der Waals surface area contributed by atoms with Crippen molar-refractivity contribution in [2.24, 2.45) is 0 Å². The molecule has 20 heavy (non-hydrogen) atoms. The van der Waals surface area contributed by atoms with Crippen molar-refractivity contribution >= 4 is 27.7 Å². The molecule has 0 N–H and O–H groups in total. The Bertz CT molecular complexity index is 512. The number of rotatable bonds is 7. The van der Waals surface area contributed by atoms with Gasteiger partial charge >= 0.3 is 5.97 Å². The summed E-state index contributed by atoms with van der Waals surface area (Å²) < 4.78 is 5.23. The minimum absolute atomic E-state index is 0.0910. The topological polar surface area (TPSA) is 56.3 Å². The second-order valence-electron chi connectivity index (χ2n) is 4.22. The minimum atomic E-state index is -0.373. The zero-order valence-electron chi connectivity index (χ0n) is 11.7. The van der Waals surface area contributed by atoms with Crippen molar-refractivity contribution in [1.29, 1.82) is 0 Å². The molecule has 0 aliphatic carbocycles. The third-order valence-electron chi connectivity index (χ3n) is 2.81. The number of halogens is 1. The number of Topliss-reactive ketones (excluding diaryl/α,β-unsaturated/α-hetero) is 1. The summed E-state index contributed by atoms with van der Waals surface area (Å²) in [6, 6.07) is 3.59. The summed E-state index contributed by atoms with van der Waals surface area (Å²) in [6.45, 7) is 1.98. The lowest BCUT2D eigenvalue weighted by molar-refractivity contribution is -0.134. The highest BCUT2D eigenvalue weighted by atomic mass is 79.9. The molecular formula is C15H18BrNO3. The van der Waals surface area contributed by atoms with Gasteiger partial charge in [0.25, 0.3) is 0 Å². The number of hydrogen-bond acceptors (Lipinski definition) is 4. The Morgan fingerprint density at radius 3 is 2.80 bits per heavy atom. The highest BCUT2D eigenvalue weighted by Crippen LogP contribution is 2.16. The van der Waals surface area contributed by atoms with Gasteiger partial charge in [-0.2, -0.15) is 0 Å². The molecule has 0 amide bonds. The molecular weight excluding hydrogens is 322 g/mol. The highest BCUT2D eigenvalue weighted by Gasteiger charge is 2.11. The van der Waals surface area contributed by atoms with E-state index < -0.39 is 0 Å². The van der Waals surface area contributed by atoms with Crippen LogP contribution in [-0.2, 0) is 16.0 Å². The number of aromatic nitrogens is 1. The van der Waals surface area contributed by atoms with Crippen LogP contribution in [0.5, 0.6) is 0 Å². The molecule has 1 heterocycles. The van der Waals surface area contributed by atoms with E-state index in [2.05, 4.69) is 25.7 Å². The number of pyridine rings is 1. The fourth-order valence-corrected chi connectivity index (χ4v) is 2.11. The first-order chi connectivity index (χ1) is 9.58. The quantitative estimate of drug-likeness (QED) is 0.251. The number of carbonyl (C=O) groups is 2. The number of allylic oxidation sites excluding steroid dienone is 1. The summed E-state index contributed by atoms with van der Waals surface area (Å²) in [7, 11) is 1.34. The molecule has 1 aromatic heterocycles. The Labute approximate surface area is 127 Å². The Morgan fingerprint density at radius 1 is 1.40 bits per heavy atom. The largest absolute Gasteiger partial charge is 0.466 e. The summed E-state index contributed by atoms with van der Waals surface area (Å²) in [6.07, 6.45) is 5.64. The van der Waals surface area contributed by atoms with Gasteiger partial charge in [0.15, 0.2) is 5.78 Å². The van der Waals surface area contributed by atoms with Gasteiger partial charge < -0.3 is 4.74 Å². The van der Waals surface area contributed by atoms with E-state index in [-0.39, 0.29) is 11.8 Å². The molecule has 0 unspecified atom stereocenters. The van der Waals surface area contributed by atoms with Crippen LogP contribution in [0, 0.1) is 0 Å². The van der Waals surface area contributed by atoms with Gasteiger partial charge in [0.2, 0.25) is 0 Å². The lowest BCUT2D eigenvalue weighted by Crippen LogP contribution is -2.05. The first-order valence-corrected chi connectivity index (χ1v) is 7.30. The van der Waals surface area contributed by atoms with Crippen molar-refractivity contribution in [3.8, 4) is 0 Å². The molecule has 0 aliphatic heterocycles. The number of ether oxygens (including phenoxy) is 1. The smallest absolute Gasteiger partial charge is 0.330 e. The number of hydrogen-bond donors (Lipinski definition) is 0. The van der Waals surface area contributed by atoms with Gasteiger partial charge in [0.1, 0.15) is 4.60 Å². The lowest BCUT2D eigenvalue weighted by Gasteiger charge is -2.06. The fraction of sp³-hybridized carbons (Fsp3) is 0.400. The van der Waals surface area contributed by atoms with Crippen LogP contribution in [0.25, 0.3) is 0 Å². The van der Waals surface area contributed by atoms with Gasteiger partial charge in [-0.15, -0.1) is 0 Å². The molecule has 0 fully saturated rings. The second kappa shape index (κ2) is 8.64. The molecule has 5 heteroatoms. The maximum atomic E-state index is 12.1. The highest BCUT2D eigenvalue weighted by molar-refractivity contribution is 9.10. The molecule has 108 valence electrons. The van der Waals surface area contributed by atoms with Crippen LogP contribution in [-0.4, -0.2) is 23.8 Å². The zero-order chi connectivity index (χ0) is 15.0. The van der Waals surface area contributed by atoms with E-state index in [0.29, 0.717) is 24.8 Å². The van der Waals surface area contributed by atoms with Gasteiger partial charge in [-0.05, 0) is 47.3 Å². The zero-order valence-corrected chi connectivity index (χ0v) is 13.3. The third-order valence-corrected chi connectivity index (χ3v) is 3.25. The first kappa shape index (κ1) is 16.6. The molecule has 0 bridgehead atoms. The normalized spacial score (nSPS) is 10.8. The number of nitrogens with zero attached hydrogens (tertiary/aromatic N) is 1. The van der Waals surface area contributed by atoms with E-state index in [0.717, 1.165) is 16.7 Å². The lowest BCUT2D eigenvalue weighted by atomic mass is 10.0. The van der Waals surface area contributed by atoms with E-state index in [9.17, 15) is 9.59 Å². The molecule has 0 aliphatic rings. The second-order valence-corrected chi connectivity index (χ2v) is 5.04. The Kier molecular flexibility index (Phi) is 7.15. The van der Waals surface area contributed by atoms with Gasteiger partial charge in [-0.3, -0.25) is 4.79 Å². The van der Waals surface area contributed by atoms with Crippen LogP contribution in [0.2, 0.25) is 0 Å². The van der Waals surface area contributed by atoms with Gasteiger partial charge in [0.05, 0.1) is 12.8 Å². The van der Waals surface area contributed by atoms with E-state index in [1.165, 1.54) is 13.2 Å².